The number of benzene rings is 3. The van der Waals surface area contributed by atoms with Crippen molar-refractivity contribution in [2.75, 3.05) is 23.9 Å². The first kappa shape index (κ1) is 30.5. The molecule has 1 unspecified atom stereocenters. The number of carboxylic acids is 1. The second-order valence-corrected chi connectivity index (χ2v) is 10.3. The summed E-state index contributed by atoms with van der Waals surface area (Å²) in [6.07, 6.45) is -3.12. The fourth-order valence-electron chi connectivity index (χ4n) is 4.21. The molecule has 0 radical (unpaired) electrons. The molecule has 0 fully saturated rings. The third-order valence-corrected chi connectivity index (χ3v) is 6.63. The fourth-order valence-corrected chi connectivity index (χ4v) is 4.33. The Bertz CT molecular complexity index is 1490. The van der Waals surface area contributed by atoms with Gasteiger partial charge in [-0.25, -0.2) is 4.79 Å². The summed E-state index contributed by atoms with van der Waals surface area (Å²) in [5.74, 6) is -1.65. The highest BCUT2D eigenvalue weighted by atomic mass is 35.5. The molecule has 3 aromatic carbocycles. The smallest absolute Gasteiger partial charge is 0.497 e. The van der Waals surface area contributed by atoms with E-state index >= 15 is 0 Å². The van der Waals surface area contributed by atoms with Crippen molar-refractivity contribution in [3.05, 3.63) is 82.4 Å². The normalized spacial score (nSPS) is 13.9. The summed E-state index contributed by atoms with van der Waals surface area (Å²) < 4.78 is 48.1. The van der Waals surface area contributed by atoms with Gasteiger partial charge in [-0.05, 0) is 61.7 Å². The maximum absolute atomic E-state index is 14.0. The number of hydrogen-bond donors (Lipinski definition) is 2. The molecule has 0 aliphatic carbocycles. The first-order valence-electron chi connectivity index (χ1n) is 12.6. The van der Waals surface area contributed by atoms with Crippen LogP contribution < -0.4 is 19.7 Å². The molecule has 9 nitrogen and oxygen atoms in total. The number of carbonyl (C=O) groups excluding carboxylic acids is 1. The zero-order valence-electron chi connectivity index (χ0n) is 22.7. The number of ether oxygens (including phenoxy) is 2. The minimum atomic E-state index is -4.88. The van der Waals surface area contributed by atoms with Gasteiger partial charge in [0.05, 0.1) is 19.0 Å². The van der Waals surface area contributed by atoms with Gasteiger partial charge in [0, 0.05) is 35.0 Å². The number of alkyl halides is 3. The molecule has 2 N–H and O–H groups in total. The highest BCUT2D eigenvalue weighted by Crippen LogP contribution is 2.36. The van der Waals surface area contributed by atoms with Gasteiger partial charge in [-0.1, -0.05) is 35.0 Å². The van der Waals surface area contributed by atoms with Crippen LogP contribution in [-0.4, -0.2) is 48.8 Å². The van der Waals surface area contributed by atoms with Gasteiger partial charge in [0.1, 0.15) is 17.5 Å². The second-order valence-electron chi connectivity index (χ2n) is 9.84. The monoisotopic (exact) mass is 605 g/mol. The summed E-state index contributed by atoms with van der Waals surface area (Å²) in [7, 11) is 1.45. The van der Waals surface area contributed by atoms with Gasteiger partial charge >= 0.3 is 12.3 Å². The number of halogens is 4. The number of amides is 1. The van der Waals surface area contributed by atoms with Crippen LogP contribution >= 0.6 is 11.6 Å². The van der Waals surface area contributed by atoms with E-state index in [4.69, 9.17) is 21.2 Å². The molecular formula is C29H27ClF3N3O6. The number of carboxylic acid groups (broad SMARTS) is 1. The van der Waals surface area contributed by atoms with E-state index in [-0.39, 0.29) is 6.54 Å². The van der Waals surface area contributed by atoms with Crippen molar-refractivity contribution in [2.24, 2.45) is 5.16 Å². The molecule has 0 spiro atoms. The fraction of sp³-hybridized carbons (Fsp3) is 0.276. The number of oxime groups is 1. The first-order chi connectivity index (χ1) is 19.8. The summed E-state index contributed by atoms with van der Waals surface area (Å²) in [6, 6.07) is 14.4. The van der Waals surface area contributed by atoms with Crippen LogP contribution in [0.1, 0.15) is 36.6 Å². The van der Waals surface area contributed by atoms with E-state index < -0.39 is 35.6 Å². The maximum atomic E-state index is 14.0. The number of nitrogens with one attached hydrogen (secondary N) is 1. The Hall–Kier alpha value is -4.45. The van der Waals surface area contributed by atoms with Gasteiger partial charge in [-0.2, -0.15) is 0 Å². The van der Waals surface area contributed by atoms with E-state index in [9.17, 15) is 27.9 Å². The Morgan fingerprint density at radius 2 is 1.79 bits per heavy atom. The molecule has 1 aliphatic heterocycles. The Kier molecular flexibility index (Phi) is 8.86. The minimum Gasteiger partial charge on any atom is -0.497 e. The predicted octanol–water partition coefficient (Wildman–Crippen LogP) is 6.20. The van der Waals surface area contributed by atoms with Crippen molar-refractivity contribution >= 4 is 41.1 Å². The van der Waals surface area contributed by atoms with E-state index in [2.05, 4.69) is 15.2 Å². The molecule has 0 saturated carbocycles. The first-order valence-corrected chi connectivity index (χ1v) is 13.0. The van der Waals surface area contributed by atoms with Gasteiger partial charge in [0.2, 0.25) is 5.60 Å². The molecule has 1 atom stereocenters. The lowest BCUT2D eigenvalue weighted by atomic mass is 10.0. The predicted molar refractivity (Wildman–Crippen MR) is 150 cm³/mol. The second kappa shape index (κ2) is 12.2. The number of anilines is 2. The summed E-state index contributed by atoms with van der Waals surface area (Å²) in [6.45, 7) is 2.95. The van der Waals surface area contributed by atoms with Crippen LogP contribution in [0.5, 0.6) is 11.5 Å². The number of aliphatic carboxylic acids is 1. The SMILES string of the molecule is COc1cc(/C=N/OC(C)(C)C(=O)O)cc(NC(C(=O)N2CCc3ccc(OC(F)(F)F)cc32)c2ccc(Cl)cc2)c1. The minimum absolute atomic E-state index is 0.252. The van der Waals surface area contributed by atoms with Crippen LogP contribution in [0.2, 0.25) is 5.02 Å². The molecule has 1 amide bonds. The van der Waals surface area contributed by atoms with E-state index in [1.54, 1.807) is 42.5 Å². The van der Waals surface area contributed by atoms with Crippen LogP contribution in [0.3, 0.4) is 0 Å². The van der Waals surface area contributed by atoms with Crippen molar-refractivity contribution in [3.63, 3.8) is 0 Å². The third-order valence-electron chi connectivity index (χ3n) is 6.38. The summed E-state index contributed by atoms with van der Waals surface area (Å²) >= 11 is 6.08. The van der Waals surface area contributed by atoms with Crippen LogP contribution in [0.25, 0.3) is 0 Å². The van der Waals surface area contributed by atoms with Gasteiger partial charge in [0.15, 0.2) is 0 Å². The lowest BCUT2D eigenvalue weighted by molar-refractivity contribution is -0.274. The summed E-state index contributed by atoms with van der Waals surface area (Å²) in [5.41, 5.74) is 0.928. The van der Waals surface area contributed by atoms with Gasteiger partial charge < -0.3 is 29.6 Å². The molecule has 1 heterocycles. The highest BCUT2D eigenvalue weighted by molar-refractivity contribution is 6.30. The number of methoxy groups -OCH3 is 1. The molecule has 13 heteroatoms. The topological polar surface area (TPSA) is 110 Å². The van der Waals surface area contributed by atoms with E-state index in [1.807, 2.05) is 0 Å². The van der Waals surface area contributed by atoms with Crippen LogP contribution in [0.15, 0.2) is 65.8 Å². The van der Waals surface area contributed by atoms with Gasteiger partial charge in [-0.15, -0.1) is 13.2 Å². The van der Waals surface area contributed by atoms with Crippen molar-refractivity contribution in [2.45, 2.75) is 38.3 Å². The van der Waals surface area contributed by atoms with Crippen LogP contribution in [-0.2, 0) is 20.8 Å². The number of nitrogens with zero attached hydrogens (tertiary/aromatic N) is 2. The van der Waals surface area contributed by atoms with Crippen molar-refractivity contribution < 1.29 is 42.2 Å². The molecule has 0 bridgehead atoms. The van der Waals surface area contributed by atoms with E-state index in [0.717, 1.165) is 0 Å². The van der Waals surface area contributed by atoms with Crippen LogP contribution in [0, 0.1) is 0 Å². The van der Waals surface area contributed by atoms with Crippen molar-refractivity contribution in [1.82, 2.24) is 0 Å². The van der Waals surface area contributed by atoms with Gasteiger partial charge in [-0.3, -0.25) is 4.79 Å². The highest BCUT2D eigenvalue weighted by Gasteiger charge is 2.35. The zero-order valence-corrected chi connectivity index (χ0v) is 23.5. The zero-order chi connectivity index (χ0) is 30.7. The molecule has 3 aromatic rings. The number of carbonyl (C=O) groups is 2. The van der Waals surface area contributed by atoms with Crippen molar-refractivity contribution in [1.29, 1.82) is 0 Å². The largest absolute Gasteiger partial charge is 0.573 e. The maximum Gasteiger partial charge on any atom is 0.573 e. The standard InChI is InChI=1S/C29H27ClF3N3O6/c1-28(2,27(38)39)42-34-16-17-12-21(14-23(13-17)40-3)35-25(19-4-7-20(30)8-5-19)26(37)36-11-10-18-6-9-22(15-24(18)36)41-29(31,32)33/h4-9,12-16,25,35H,10-11H2,1-3H3,(H,38,39)/b34-16+. The van der Waals surface area contributed by atoms with Gasteiger partial charge in [0.25, 0.3) is 5.91 Å². The molecule has 0 aromatic heterocycles. The average molecular weight is 606 g/mol. The van der Waals surface area contributed by atoms with Crippen LogP contribution in [0.4, 0.5) is 24.5 Å². The lowest BCUT2D eigenvalue weighted by Crippen LogP contribution is -2.37. The molecule has 42 heavy (non-hydrogen) atoms. The van der Waals surface area contributed by atoms with Crippen molar-refractivity contribution in [3.8, 4) is 11.5 Å². The molecule has 222 valence electrons. The van der Waals surface area contributed by atoms with E-state index in [0.29, 0.717) is 45.3 Å². The Balaban J connectivity index is 1.67. The number of fused-ring (bicyclic) bond motifs is 1. The third kappa shape index (κ3) is 7.43. The number of rotatable bonds is 10. The number of hydrogen-bond acceptors (Lipinski definition) is 7. The molecular weight excluding hydrogens is 579 g/mol. The lowest BCUT2D eigenvalue weighted by Gasteiger charge is -2.26. The Morgan fingerprint density at radius 1 is 1.07 bits per heavy atom. The molecule has 1 aliphatic rings. The average Bonchev–Trinajstić information content (AvgIpc) is 3.34. The van der Waals surface area contributed by atoms with E-state index in [1.165, 1.54) is 50.3 Å². The molecule has 0 saturated heterocycles. The Labute approximate surface area is 244 Å². The summed E-state index contributed by atoms with van der Waals surface area (Å²) in [5, 5.41) is 16.7. The quantitative estimate of drug-likeness (QED) is 0.209. The molecule has 4 rings (SSSR count). The Morgan fingerprint density at radius 3 is 2.43 bits per heavy atom. The summed E-state index contributed by atoms with van der Waals surface area (Å²) in [4.78, 5) is 31.8.